The highest BCUT2D eigenvalue weighted by Crippen LogP contribution is 2.34. The van der Waals surface area contributed by atoms with E-state index in [4.69, 9.17) is 9.47 Å². The standard InChI is InChI=1S/C14H24O4/c1-6-9-14(10-11(4)5,12(15)17-7-2)13(16)18-8-3/h4,6-10H2,1-3,5H3. The van der Waals surface area contributed by atoms with Gasteiger partial charge < -0.3 is 9.47 Å². The van der Waals surface area contributed by atoms with Crippen LogP contribution in [0.15, 0.2) is 12.2 Å². The van der Waals surface area contributed by atoms with Gasteiger partial charge in [-0.1, -0.05) is 18.9 Å². The molecule has 0 heterocycles. The predicted octanol–water partition coefficient (Wildman–Crippen LogP) is 2.87. The molecule has 4 nitrogen and oxygen atoms in total. The summed E-state index contributed by atoms with van der Waals surface area (Å²) in [6.07, 6.45) is 1.39. The van der Waals surface area contributed by atoms with E-state index in [1.807, 2.05) is 6.92 Å². The fourth-order valence-electron chi connectivity index (χ4n) is 2.00. The number of carbonyl (C=O) groups is 2. The van der Waals surface area contributed by atoms with E-state index >= 15 is 0 Å². The number of esters is 2. The van der Waals surface area contributed by atoms with E-state index in [1.165, 1.54) is 0 Å². The predicted molar refractivity (Wildman–Crippen MR) is 70.0 cm³/mol. The van der Waals surface area contributed by atoms with Crippen LogP contribution in [0, 0.1) is 5.41 Å². The third-order valence-corrected chi connectivity index (χ3v) is 2.61. The third-order valence-electron chi connectivity index (χ3n) is 2.61. The van der Waals surface area contributed by atoms with Crippen LogP contribution in [0.2, 0.25) is 0 Å². The molecule has 0 saturated carbocycles. The lowest BCUT2D eigenvalue weighted by atomic mass is 9.78. The average Bonchev–Trinajstić information content (AvgIpc) is 2.28. The fourth-order valence-corrected chi connectivity index (χ4v) is 2.00. The van der Waals surface area contributed by atoms with Crippen molar-refractivity contribution >= 4 is 11.9 Å². The van der Waals surface area contributed by atoms with Gasteiger partial charge in [-0.3, -0.25) is 9.59 Å². The Morgan fingerprint density at radius 1 is 1.06 bits per heavy atom. The molecule has 0 aliphatic rings. The highest BCUT2D eigenvalue weighted by molar-refractivity contribution is 6.00. The van der Waals surface area contributed by atoms with Gasteiger partial charge >= 0.3 is 11.9 Å². The van der Waals surface area contributed by atoms with Gasteiger partial charge in [-0.25, -0.2) is 0 Å². The summed E-state index contributed by atoms with van der Waals surface area (Å²) >= 11 is 0. The molecule has 0 unspecified atom stereocenters. The number of allylic oxidation sites excluding steroid dienone is 1. The molecule has 0 saturated heterocycles. The minimum absolute atomic E-state index is 0.250. The zero-order chi connectivity index (χ0) is 14.2. The van der Waals surface area contributed by atoms with Crippen molar-refractivity contribution in [3.8, 4) is 0 Å². The highest BCUT2D eigenvalue weighted by Gasteiger charge is 2.47. The molecule has 104 valence electrons. The van der Waals surface area contributed by atoms with Crippen LogP contribution in [-0.4, -0.2) is 25.2 Å². The number of carbonyl (C=O) groups excluding carboxylic acids is 2. The normalized spacial score (nSPS) is 10.9. The van der Waals surface area contributed by atoms with Crippen LogP contribution in [0.3, 0.4) is 0 Å². The number of hydrogen-bond donors (Lipinski definition) is 0. The van der Waals surface area contributed by atoms with Crippen LogP contribution in [0.4, 0.5) is 0 Å². The van der Waals surface area contributed by atoms with Crippen molar-refractivity contribution in [2.75, 3.05) is 13.2 Å². The minimum Gasteiger partial charge on any atom is -0.465 e. The van der Waals surface area contributed by atoms with Crippen molar-refractivity contribution < 1.29 is 19.1 Å². The first-order valence-corrected chi connectivity index (χ1v) is 6.43. The highest BCUT2D eigenvalue weighted by atomic mass is 16.6. The molecule has 0 aliphatic carbocycles. The Morgan fingerprint density at radius 2 is 1.50 bits per heavy atom. The van der Waals surface area contributed by atoms with E-state index in [0.717, 1.165) is 5.57 Å². The summed E-state index contributed by atoms with van der Waals surface area (Å²) in [5.74, 6) is -1.01. The van der Waals surface area contributed by atoms with Gasteiger partial charge in [-0.05, 0) is 33.6 Å². The molecule has 0 rings (SSSR count). The second kappa shape index (κ2) is 7.90. The van der Waals surface area contributed by atoms with E-state index in [-0.39, 0.29) is 19.6 Å². The molecule has 0 bridgehead atoms. The van der Waals surface area contributed by atoms with Gasteiger partial charge in [-0.2, -0.15) is 0 Å². The Kier molecular flexibility index (Phi) is 7.32. The molecule has 0 aromatic rings. The first-order chi connectivity index (χ1) is 8.44. The lowest BCUT2D eigenvalue weighted by Crippen LogP contribution is -2.42. The third kappa shape index (κ3) is 4.17. The van der Waals surface area contributed by atoms with Crippen LogP contribution in [0.5, 0.6) is 0 Å². The van der Waals surface area contributed by atoms with E-state index < -0.39 is 17.4 Å². The van der Waals surface area contributed by atoms with Crippen molar-refractivity contribution in [2.24, 2.45) is 5.41 Å². The summed E-state index contributed by atoms with van der Waals surface area (Å²) in [5, 5.41) is 0. The average molecular weight is 256 g/mol. The summed E-state index contributed by atoms with van der Waals surface area (Å²) in [4.78, 5) is 24.3. The molecular formula is C14H24O4. The molecule has 0 N–H and O–H groups in total. The zero-order valence-corrected chi connectivity index (χ0v) is 11.9. The largest absolute Gasteiger partial charge is 0.465 e. The SMILES string of the molecule is C=C(C)CC(CCC)(C(=O)OCC)C(=O)OCC. The monoisotopic (exact) mass is 256 g/mol. The molecule has 0 aromatic carbocycles. The first kappa shape index (κ1) is 16.7. The molecule has 0 radical (unpaired) electrons. The van der Waals surface area contributed by atoms with E-state index in [1.54, 1.807) is 20.8 Å². The zero-order valence-electron chi connectivity index (χ0n) is 11.9. The molecule has 0 spiro atoms. The molecule has 0 aromatic heterocycles. The maximum Gasteiger partial charge on any atom is 0.323 e. The van der Waals surface area contributed by atoms with E-state index in [9.17, 15) is 9.59 Å². The summed E-state index contributed by atoms with van der Waals surface area (Å²) in [7, 11) is 0. The quantitative estimate of drug-likeness (QED) is 0.380. The lowest BCUT2D eigenvalue weighted by Gasteiger charge is -2.29. The van der Waals surface area contributed by atoms with Crippen LogP contribution >= 0.6 is 0 Å². The Labute approximate surface area is 109 Å². The van der Waals surface area contributed by atoms with Gasteiger partial charge in [0.05, 0.1) is 13.2 Å². The topological polar surface area (TPSA) is 52.6 Å². The molecule has 0 amide bonds. The molecule has 0 aliphatic heterocycles. The Hall–Kier alpha value is -1.32. The summed E-state index contributed by atoms with van der Waals surface area (Å²) in [6.45, 7) is 11.5. The van der Waals surface area contributed by atoms with E-state index in [0.29, 0.717) is 12.8 Å². The van der Waals surface area contributed by atoms with Gasteiger partial charge in [-0.15, -0.1) is 6.58 Å². The summed E-state index contributed by atoms with van der Waals surface area (Å²) in [6, 6.07) is 0. The number of hydrogen-bond acceptors (Lipinski definition) is 4. The Morgan fingerprint density at radius 3 is 1.78 bits per heavy atom. The van der Waals surface area contributed by atoms with Crippen LogP contribution in [0.25, 0.3) is 0 Å². The van der Waals surface area contributed by atoms with Crippen molar-refractivity contribution in [1.82, 2.24) is 0 Å². The lowest BCUT2D eigenvalue weighted by molar-refractivity contribution is -0.172. The Balaban J connectivity index is 5.32. The second-order valence-corrected chi connectivity index (χ2v) is 4.41. The summed E-state index contributed by atoms with van der Waals surface area (Å²) < 4.78 is 10.1. The van der Waals surface area contributed by atoms with Crippen LogP contribution in [-0.2, 0) is 19.1 Å². The van der Waals surface area contributed by atoms with Gasteiger partial charge in [0.1, 0.15) is 0 Å². The number of rotatable bonds is 8. The molecule has 0 atom stereocenters. The minimum atomic E-state index is -1.23. The first-order valence-electron chi connectivity index (χ1n) is 6.43. The van der Waals surface area contributed by atoms with Crippen molar-refractivity contribution in [3.63, 3.8) is 0 Å². The Bertz CT molecular complexity index is 289. The van der Waals surface area contributed by atoms with E-state index in [2.05, 4.69) is 6.58 Å². The van der Waals surface area contributed by atoms with Gasteiger partial charge in [0.25, 0.3) is 0 Å². The second-order valence-electron chi connectivity index (χ2n) is 4.41. The molecule has 4 heteroatoms. The van der Waals surface area contributed by atoms with Gasteiger partial charge in [0.2, 0.25) is 0 Å². The molecule has 0 fully saturated rings. The van der Waals surface area contributed by atoms with Gasteiger partial charge in [0, 0.05) is 0 Å². The molecular weight excluding hydrogens is 232 g/mol. The van der Waals surface area contributed by atoms with Crippen molar-refractivity contribution in [3.05, 3.63) is 12.2 Å². The number of ether oxygens (including phenoxy) is 2. The molecule has 18 heavy (non-hydrogen) atoms. The van der Waals surface area contributed by atoms with Gasteiger partial charge in [0.15, 0.2) is 5.41 Å². The smallest absolute Gasteiger partial charge is 0.323 e. The van der Waals surface area contributed by atoms with Crippen LogP contribution < -0.4 is 0 Å². The van der Waals surface area contributed by atoms with Crippen molar-refractivity contribution in [2.45, 2.75) is 47.0 Å². The maximum absolute atomic E-state index is 12.1. The fraction of sp³-hybridized carbons (Fsp3) is 0.714. The summed E-state index contributed by atoms with van der Waals surface area (Å²) in [5.41, 5.74) is -0.461. The van der Waals surface area contributed by atoms with Crippen LogP contribution in [0.1, 0.15) is 47.0 Å². The van der Waals surface area contributed by atoms with Crippen molar-refractivity contribution in [1.29, 1.82) is 0 Å². The maximum atomic E-state index is 12.1.